The number of hydrogen-bond donors (Lipinski definition) is 1. The molecule has 0 aromatic rings. The molecular formula is C13H14F8NO7S-. The van der Waals surface area contributed by atoms with E-state index in [0.717, 1.165) is 6.92 Å². The summed E-state index contributed by atoms with van der Waals surface area (Å²) >= 11 is 0. The number of likely N-dealkylation sites (N-methyl/N-ethyl adjacent to an activating group) is 1. The van der Waals surface area contributed by atoms with Gasteiger partial charge in [0.2, 0.25) is 5.83 Å². The van der Waals surface area contributed by atoms with E-state index in [4.69, 9.17) is 0 Å². The van der Waals surface area contributed by atoms with E-state index < -0.39 is 77.0 Å². The molecule has 1 atom stereocenters. The molecule has 0 saturated carbocycles. The van der Waals surface area contributed by atoms with Crippen LogP contribution in [-0.4, -0.2) is 61.1 Å². The Morgan fingerprint density at radius 3 is 1.97 bits per heavy atom. The number of halogens is 8. The Labute approximate surface area is 163 Å². The number of alkyl halides is 7. The second kappa shape index (κ2) is 9.42. The Balaban J connectivity index is 5.67. The third kappa shape index (κ3) is 6.00. The predicted octanol–water partition coefficient (Wildman–Crippen LogP) is 1.98. The van der Waals surface area contributed by atoms with Crippen molar-refractivity contribution in [1.82, 2.24) is 5.32 Å². The minimum atomic E-state index is -6.83. The Morgan fingerprint density at radius 1 is 1.10 bits per heavy atom. The maximum absolute atomic E-state index is 13.4. The van der Waals surface area contributed by atoms with Crippen LogP contribution in [0.15, 0.2) is 12.4 Å². The first kappa shape index (κ1) is 28.0. The normalized spacial score (nSPS) is 15.3. The molecule has 1 N–H and O–H groups in total. The van der Waals surface area contributed by atoms with Crippen molar-refractivity contribution in [2.24, 2.45) is 0 Å². The summed E-state index contributed by atoms with van der Waals surface area (Å²) < 4.78 is 144. The summed E-state index contributed by atoms with van der Waals surface area (Å²) in [5.74, 6) is -16.8. The van der Waals surface area contributed by atoms with Crippen molar-refractivity contribution in [2.45, 2.75) is 42.9 Å². The number of hydrogen-bond acceptors (Lipinski definition) is 7. The quantitative estimate of drug-likeness (QED) is 0.120. The molecule has 0 rings (SSSR count). The van der Waals surface area contributed by atoms with Crippen LogP contribution in [-0.2, 0) is 29.2 Å². The summed E-state index contributed by atoms with van der Waals surface area (Å²) in [5.41, 5.74) is 0. The molecule has 0 heterocycles. The van der Waals surface area contributed by atoms with E-state index in [1.54, 1.807) is 0 Å². The van der Waals surface area contributed by atoms with Crippen LogP contribution >= 0.6 is 0 Å². The Hall–Kier alpha value is -2.01. The van der Waals surface area contributed by atoms with Crippen LogP contribution in [0.5, 0.6) is 0 Å². The Kier molecular flexibility index (Phi) is 8.79. The number of carbonyl (C=O) groups is 2. The van der Waals surface area contributed by atoms with Gasteiger partial charge in [0, 0.05) is 13.0 Å². The van der Waals surface area contributed by atoms with Crippen LogP contribution in [0.3, 0.4) is 0 Å². The molecule has 8 nitrogen and oxygen atoms in total. The van der Waals surface area contributed by atoms with Gasteiger partial charge in [-0.25, -0.2) is 13.2 Å². The van der Waals surface area contributed by atoms with Crippen molar-refractivity contribution in [1.29, 1.82) is 0 Å². The molecule has 0 aromatic heterocycles. The molecule has 0 aliphatic carbocycles. The highest BCUT2D eigenvalue weighted by Gasteiger charge is 2.66. The molecular weight excluding hydrogens is 466 g/mol. The summed E-state index contributed by atoms with van der Waals surface area (Å²) in [6, 6.07) is 0. The fourth-order valence-electron chi connectivity index (χ4n) is 1.71. The zero-order valence-electron chi connectivity index (χ0n) is 14.8. The molecule has 0 saturated heterocycles. The number of carbonyl (C=O) groups excluding carboxylic acids is 2. The van der Waals surface area contributed by atoms with Gasteiger partial charge in [-0.2, -0.15) is 35.1 Å². The lowest BCUT2D eigenvalue weighted by atomic mass is 10.2. The first-order valence-corrected chi connectivity index (χ1v) is 8.95. The average Bonchev–Trinajstić information content (AvgIpc) is 2.55. The van der Waals surface area contributed by atoms with Gasteiger partial charge in [0.15, 0.2) is 10.1 Å². The number of ether oxygens (including phenoxy) is 2. The molecule has 0 radical (unpaired) electrons. The molecule has 0 fully saturated rings. The van der Waals surface area contributed by atoms with Gasteiger partial charge in [0.1, 0.15) is 0 Å². The fraction of sp³-hybridized carbons (Fsp3) is 0.692. The molecule has 1 amide bonds. The third-order valence-electron chi connectivity index (χ3n) is 3.15. The van der Waals surface area contributed by atoms with E-state index in [1.807, 2.05) is 0 Å². The van der Waals surface area contributed by atoms with Gasteiger partial charge in [-0.1, -0.05) is 6.58 Å². The minimum absolute atomic E-state index is 0.500. The Bertz CT molecular complexity index is 768. The minimum Gasteiger partial charge on any atom is -0.743 e. The smallest absolute Gasteiger partial charge is 0.466 e. The molecule has 0 spiro atoms. The summed E-state index contributed by atoms with van der Waals surface area (Å²) in [6.45, 7) is 1.31. The van der Waals surface area contributed by atoms with Gasteiger partial charge >= 0.3 is 35.0 Å². The average molecular weight is 480 g/mol. The molecule has 0 bridgehead atoms. The van der Waals surface area contributed by atoms with Crippen molar-refractivity contribution < 1.29 is 67.2 Å². The molecule has 17 heteroatoms. The largest absolute Gasteiger partial charge is 0.743 e. The fourth-order valence-corrected chi connectivity index (χ4v) is 2.18. The first-order chi connectivity index (χ1) is 13.3. The molecule has 176 valence electrons. The number of esters is 1. The van der Waals surface area contributed by atoms with Gasteiger partial charge in [-0.15, -0.1) is 0 Å². The van der Waals surface area contributed by atoms with E-state index in [2.05, 4.69) is 16.1 Å². The lowest BCUT2D eigenvalue weighted by Gasteiger charge is -2.33. The van der Waals surface area contributed by atoms with Gasteiger partial charge in [0.25, 0.3) is 0 Å². The van der Waals surface area contributed by atoms with Crippen molar-refractivity contribution in [3.05, 3.63) is 12.4 Å². The molecule has 0 aromatic carbocycles. The van der Waals surface area contributed by atoms with Gasteiger partial charge in [-0.3, -0.25) is 4.79 Å². The number of amides is 1. The van der Waals surface area contributed by atoms with E-state index in [1.165, 1.54) is 5.32 Å². The molecule has 30 heavy (non-hydrogen) atoms. The third-order valence-corrected chi connectivity index (χ3v) is 4.07. The van der Waals surface area contributed by atoms with E-state index in [0.29, 0.717) is 0 Å². The SMILES string of the molecule is C=C(F)C(=O)OC(OCCCC(F)(F)C(F)(F)S(=O)(=O)[O-])(C(=O)NCC)C(F)(F)F. The van der Waals surface area contributed by atoms with Crippen LogP contribution in [0.4, 0.5) is 35.1 Å². The number of rotatable bonds is 11. The maximum atomic E-state index is 13.4. The van der Waals surface area contributed by atoms with Gasteiger partial charge < -0.3 is 19.3 Å². The summed E-state index contributed by atoms with van der Waals surface area (Å²) in [7, 11) is -6.83. The number of nitrogens with one attached hydrogen (secondary N) is 1. The zero-order chi connectivity index (χ0) is 24.2. The highest BCUT2D eigenvalue weighted by atomic mass is 32.2. The summed E-state index contributed by atoms with van der Waals surface area (Å²) in [5, 5.41) is -4.56. The van der Waals surface area contributed by atoms with Crippen molar-refractivity contribution >= 4 is 22.0 Å². The van der Waals surface area contributed by atoms with Crippen LogP contribution in [0.25, 0.3) is 0 Å². The van der Waals surface area contributed by atoms with E-state index in [-0.39, 0.29) is 0 Å². The second-order valence-corrected chi connectivity index (χ2v) is 6.82. The van der Waals surface area contributed by atoms with Crippen LogP contribution in [0, 0.1) is 0 Å². The topological polar surface area (TPSA) is 122 Å². The standard InChI is InChI=1S/C13H15F8NO7S/c1-3-22-9(24)11(12(17,18)19,29-8(23)7(2)14)28-6-4-5-10(15,16)13(20,21)30(25,26)27/h2-6H2,1H3,(H,22,24)(H,25,26,27)/p-1. The zero-order valence-corrected chi connectivity index (χ0v) is 15.6. The highest BCUT2D eigenvalue weighted by Crippen LogP contribution is 2.42. The van der Waals surface area contributed by atoms with Crippen LogP contribution < -0.4 is 5.32 Å². The summed E-state index contributed by atoms with van der Waals surface area (Å²) in [4.78, 5) is 22.9. The van der Waals surface area contributed by atoms with Gasteiger partial charge in [-0.05, 0) is 13.3 Å². The Morgan fingerprint density at radius 2 is 1.60 bits per heavy atom. The van der Waals surface area contributed by atoms with Crippen molar-refractivity contribution in [2.75, 3.05) is 13.2 Å². The monoisotopic (exact) mass is 480 g/mol. The molecule has 1 unspecified atom stereocenters. The summed E-state index contributed by atoms with van der Waals surface area (Å²) in [6.07, 6.45) is -9.58. The van der Waals surface area contributed by atoms with E-state index in [9.17, 15) is 57.7 Å². The van der Waals surface area contributed by atoms with Gasteiger partial charge in [0.05, 0.1) is 6.61 Å². The maximum Gasteiger partial charge on any atom is 0.466 e. The highest BCUT2D eigenvalue weighted by molar-refractivity contribution is 7.86. The first-order valence-electron chi connectivity index (χ1n) is 7.54. The van der Waals surface area contributed by atoms with Crippen molar-refractivity contribution in [3.63, 3.8) is 0 Å². The molecule has 0 aliphatic heterocycles. The second-order valence-electron chi connectivity index (χ2n) is 5.40. The lowest BCUT2D eigenvalue weighted by molar-refractivity contribution is -0.347. The van der Waals surface area contributed by atoms with Crippen LogP contribution in [0.2, 0.25) is 0 Å². The van der Waals surface area contributed by atoms with E-state index >= 15 is 0 Å². The molecule has 0 aliphatic rings. The lowest BCUT2D eigenvalue weighted by Crippen LogP contribution is -2.61. The predicted molar refractivity (Wildman–Crippen MR) is 78.6 cm³/mol. The van der Waals surface area contributed by atoms with Crippen LogP contribution in [0.1, 0.15) is 19.8 Å². The van der Waals surface area contributed by atoms with Crippen molar-refractivity contribution in [3.8, 4) is 0 Å².